The van der Waals surface area contributed by atoms with Crippen LogP contribution in [0, 0.1) is 5.92 Å². The van der Waals surface area contributed by atoms with Crippen LogP contribution < -0.4 is 5.32 Å². The number of rotatable bonds is 1. The molecule has 1 N–H and O–H groups in total. The summed E-state index contributed by atoms with van der Waals surface area (Å²) in [6, 6.07) is 0.366. The van der Waals surface area contributed by atoms with Gasteiger partial charge in [-0.1, -0.05) is 13.3 Å². The van der Waals surface area contributed by atoms with E-state index in [0.717, 1.165) is 6.42 Å². The van der Waals surface area contributed by atoms with Crippen LogP contribution in [-0.2, 0) is 9.59 Å². The van der Waals surface area contributed by atoms with Crippen LogP contribution in [0.15, 0.2) is 0 Å². The molecule has 84 valence electrons. The van der Waals surface area contributed by atoms with E-state index >= 15 is 0 Å². The number of carbonyl (C=O) groups is 2. The van der Waals surface area contributed by atoms with Crippen molar-refractivity contribution in [3.8, 4) is 0 Å². The molecule has 0 aromatic carbocycles. The van der Waals surface area contributed by atoms with Gasteiger partial charge < -0.3 is 10.2 Å². The standard InChI is InChI=1S/C11H18N2O2/c1-8-3-2-4-9(8)13-6-5-10(14)12-7-11(13)15/h8-9H,2-7H2,1H3,(H,12,14). The number of hydrogen-bond acceptors (Lipinski definition) is 2. The first-order chi connectivity index (χ1) is 7.18. The summed E-state index contributed by atoms with van der Waals surface area (Å²) in [6.45, 7) is 2.98. The van der Waals surface area contributed by atoms with E-state index in [1.165, 1.54) is 12.8 Å². The van der Waals surface area contributed by atoms with E-state index in [0.29, 0.717) is 24.9 Å². The summed E-state index contributed by atoms with van der Waals surface area (Å²) in [5.41, 5.74) is 0. The van der Waals surface area contributed by atoms with Gasteiger partial charge in [0.05, 0.1) is 6.54 Å². The Kier molecular flexibility index (Phi) is 2.93. The molecule has 2 aliphatic rings. The summed E-state index contributed by atoms with van der Waals surface area (Å²) in [4.78, 5) is 24.9. The third kappa shape index (κ3) is 2.13. The molecule has 4 heteroatoms. The van der Waals surface area contributed by atoms with Crippen molar-refractivity contribution in [2.75, 3.05) is 13.1 Å². The zero-order valence-electron chi connectivity index (χ0n) is 9.16. The van der Waals surface area contributed by atoms with Gasteiger partial charge in [-0.05, 0) is 18.8 Å². The van der Waals surface area contributed by atoms with Crippen molar-refractivity contribution in [3.63, 3.8) is 0 Å². The van der Waals surface area contributed by atoms with E-state index in [1.54, 1.807) is 0 Å². The Morgan fingerprint density at radius 3 is 2.80 bits per heavy atom. The van der Waals surface area contributed by atoms with E-state index < -0.39 is 0 Å². The van der Waals surface area contributed by atoms with Crippen LogP contribution in [0.25, 0.3) is 0 Å². The Bertz CT molecular complexity index is 278. The number of amides is 2. The molecule has 2 rings (SSSR count). The second-order valence-corrected chi connectivity index (χ2v) is 4.59. The van der Waals surface area contributed by atoms with Gasteiger partial charge in [-0.3, -0.25) is 9.59 Å². The van der Waals surface area contributed by atoms with Gasteiger partial charge in [-0.25, -0.2) is 0 Å². The van der Waals surface area contributed by atoms with Gasteiger partial charge in [0.25, 0.3) is 0 Å². The molecule has 1 saturated heterocycles. The fourth-order valence-corrected chi connectivity index (χ4v) is 2.65. The van der Waals surface area contributed by atoms with Crippen molar-refractivity contribution < 1.29 is 9.59 Å². The maximum absolute atomic E-state index is 11.8. The van der Waals surface area contributed by atoms with Crippen LogP contribution >= 0.6 is 0 Å². The van der Waals surface area contributed by atoms with Gasteiger partial charge >= 0.3 is 0 Å². The molecule has 2 unspecified atom stereocenters. The Morgan fingerprint density at radius 2 is 2.13 bits per heavy atom. The van der Waals surface area contributed by atoms with E-state index in [1.807, 2.05) is 4.90 Å². The minimum absolute atomic E-state index is 0.00324. The predicted molar refractivity (Wildman–Crippen MR) is 56.1 cm³/mol. The minimum Gasteiger partial charge on any atom is -0.347 e. The number of carbonyl (C=O) groups excluding carboxylic acids is 2. The second-order valence-electron chi connectivity index (χ2n) is 4.59. The molecule has 15 heavy (non-hydrogen) atoms. The second kappa shape index (κ2) is 4.21. The molecule has 0 aromatic heterocycles. The molecule has 2 fully saturated rings. The molecule has 0 aromatic rings. The lowest BCUT2D eigenvalue weighted by Crippen LogP contribution is -2.43. The number of nitrogens with one attached hydrogen (secondary N) is 1. The molecular weight excluding hydrogens is 192 g/mol. The highest BCUT2D eigenvalue weighted by Gasteiger charge is 2.33. The molecule has 4 nitrogen and oxygen atoms in total. The molecule has 1 aliphatic heterocycles. The van der Waals surface area contributed by atoms with Crippen LogP contribution in [-0.4, -0.2) is 35.8 Å². The molecular formula is C11H18N2O2. The lowest BCUT2D eigenvalue weighted by Gasteiger charge is -2.30. The van der Waals surface area contributed by atoms with E-state index in [9.17, 15) is 9.59 Å². The summed E-state index contributed by atoms with van der Waals surface area (Å²) in [6.07, 6.45) is 3.96. The van der Waals surface area contributed by atoms with E-state index in [4.69, 9.17) is 0 Å². The summed E-state index contributed by atoms with van der Waals surface area (Å²) in [5, 5.41) is 2.63. The average molecular weight is 210 g/mol. The average Bonchev–Trinajstić information content (AvgIpc) is 2.55. The van der Waals surface area contributed by atoms with Gasteiger partial charge in [-0.15, -0.1) is 0 Å². The Morgan fingerprint density at radius 1 is 1.33 bits per heavy atom. The fourth-order valence-electron chi connectivity index (χ4n) is 2.65. The van der Waals surface area contributed by atoms with Crippen molar-refractivity contribution in [1.29, 1.82) is 0 Å². The number of nitrogens with zero attached hydrogens (tertiary/aromatic N) is 1. The molecule has 0 radical (unpaired) electrons. The Hall–Kier alpha value is -1.06. The van der Waals surface area contributed by atoms with Crippen LogP contribution in [0.2, 0.25) is 0 Å². The molecule has 2 amide bonds. The highest BCUT2D eigenvalue weighted by Crippen LogP contribution is 2.29. The van der Waals surface area contributed by atoms with Crippen molar-refractivity contribution in [1.82, 2.24) is 10.2 Å². The van der Waals surface area contributed by atoms with Crippen LogP contribution in [0.4, 0.5) is 0 Å². The molecule has 1 heterocycles. The quantitative estimate of drug-likeness (QED) is 0.686. The Balaban J connectivity index is 2.06. The van der Waals surface area contributed by atoms with Crippen LogP contribution in [0.1, 0.15) is 32.6 Å². The highest BCUT2D eigenvalue weighted by atomic mass is 16.2. The minimum atomic E-state index is -0.00324. The first-order valence-corrected chi connectivity index (χ1v) is 5.74. The summed E-state index contributed by atoms with van der Waals surface area (Å²) >= 11 is 0. The fraction of sp³-hybridized carbons (Fsp3) is 0.818. The molecule has 0 spiro atoms. The van der Waals surface area contributed by atoms with E-state index in [-0.39, 0.29) is 18.4 Å². The number of hydrogen-bond donors (Lipinski definition) is 1. The van der Waals surface area contributed by atoms with Gasteiger partial charge in [-0.2, -0.15) is 0 Å². The SMILES string of the molecule is CC1CCCC1N1CCC(=O)NCC1=O. The van der Waals surface area contributed by atoms with Gasteiger partial charge in [0.15, 0.2) is 0 Å². The van der Waals surface area contributed by atoms with Gasteiger partial charge in [0.2, 0.25) is 11.8 Å². The first kappa shape index (κ1) is 10.5. The summed E-state index contributed by atoms with van der Waals surface area (Å²) in [5.74, 6) is 0.665. The zero-order chi connectivity index (χ0) is 10.8. The molecule has 1 aliphatic carbocycles. The summed E-state index contributed by atoms with van der Waals surface area (Å²) in [7, 11) is 0. The predicted octanol–water partition coefficient (Wildman–Crippen LogP) is 0.523. The van der Waals surface area contributed by atoms with Crippen molar-refractivity contribution in [2.24, 2.45) is 5.92 Å². The van der Waals surface area contributed by atoms with E-state index in [2.05, 4.69) is 12.2 Å². The maximum Gasteiger partial charge on any atom is 0.242 e. The lowest BCUT2D eigenvalue weighted by molar-refractivity contribution is -0.132. The third-order valence-electron chi connectivity index (χ3n) is 3.55. The van der Waals surface area contributed by atoms with Crippen LogP contribution in [0.5, 0.6) is 0 Å². The highest BCUT2D eigenvalue weighted by molar-refractivity contribution is 5.87. The largest absolute Gasteiger partial charge is 0.347 e. The third-order valence-corrected chi connectivity index (χ3v) is 3.55. The normalized spacial score (nSPS) is 32.7. The van der Waals surface area contributed by atoms with Crippen molar-refractivity contribution in [2.45, 2.75) is 38.6 Å². The first-order valence-electron chi connectivity index (χ1n) is 5.74. The van der Waals surface area contributed by atoms with Gasteiger partial charge in [0, 0.05) is 19.0 Å². The topological polar surface area (TPSA) is 49.4 Å². The molecule has 1 saturated carbocycles. The smallest absolute Gasteiger partial charge is 0.242 e. The van der Waals surface area contributed by atoms with Crippen molar-refractivity contribution >= 4 is 11.8 Å². The summed E-state index contributed by atoms with van der Waals surface area (Å²) < 4.78 is 0. The van der Waals surface area contributed by atoms with Crippen LogP contribution in [0.3, 0.4) is 0 Å². The Labute approximate surface area is 90.0 Å². The molecule has 0 bridgehead atoms. The maximum atomic E-state index is 11.8. The van der Waals surface area contributed by atoms with Gasteiger partial charge in [0.1, 0.15) is 0 Å². The van der Waals surface area contributed by atoms with Crippen molar-refractivity contribution in [3.05, 3.63) is 0 Å². The lowest BCUT2D eigenvalue weighted by atomic mass is 10.0. The monoisotopic (exact) mass is 210 g/mol. The molecule has 2 atom stereocenters. The zero-order valence-corrected chi connectivity index (χ0v) is 9.16.